The van der Waals surface area contributed by atoms with E-state index in [2.05, 4.69) is 6.92 Å². The van der Waals surface area contributed by atoms with Gasteiger partial charge >= 0.3 is 5.97 Å². The third-order valence-electron chi connectivity index (χ3n) is 4.63. The van der Waals surface area contributed by atoms with Crippen molar-refractivity contribution in [3.63, 3.8) is 0 Å². The lowest BCUT2D eigenvalue weighted by atomic mass is 10.00. The number of methoxy groups -OCH3 is 1. The van der Waals surface area contributed by atoms with Gasteiger partial charge in [0.15, 0.2) is 0 Å². The zero-order valence-electron chi connectivity index (χ0n) is 13.6. The molecule has 6 heteroatoms. The third kappa shape index (κ3) is 3.00. The Morgan fingerprint density at radius 1 is 1.39 bits per heavy atom. The van der Waals surface area contributed by atoms with Gasteiger partial charge in [-0.15, -0.1) is 11.3 Å². The van der Waals surface area contributed by atoms with Gasteiger partial charge in [0.05, 0.1) is 17.3 Å². The highest BCUT2D eigenvalue weighted by atomic mass is 32.1. The Kier molecular flexibility index (Phi) is 4.71. The number of aromatic nitrogens is 1. The first-order valence-electron chi connectivity index (χ1n) is 8.10. The molecule has 0 saturated carbocycles. The fourth-order valence-corrected chi connectivity index (χ4v) is 4.22. The van der Waals surface area contributed by atoms with Crippen LogP contribution in [0.25, 0.3) is 10.2 Å². The molecule has 1 aliphatic heterocycles. The van der Waals surface area contributed by atoms with Gasteiger partial charge in [-0.2, -0.15) is 0 Å². The summed E-state index contributed by atoms with van der Waals surface area (Å²) >= 11 is 1.56. The van der Waals surface area contributed by atoms with Crippen molar-refractivity contribution in [2.24, 2.45) is 0 Å². The average Bonchev–Trinajstić information content (AvgIpc) is 3.16. The van der Waals surface area contributed by atoms with Crippen LogP contribution in [0.3, 0.4) is 0 Å². The van der Waals surface area contributed by atoms with Crippen LogP contribution in [-0.2, 0) is 16.1 Å². The average molecular weight is 334 g/mol. The molecule has 2 aromatic rings. The van der Waals surface area contributed by atoms with Crippen molar-refractivity contribution in [3.05, 3.63) is 23.2 Å². The minimum absolute atomic E-state index is 0.0883. The summed E-state index contributed by atoms with van der Waals surface area (Å²) in [6.45, 7) is 3.14. The number of ether oxygens (including phenoxy) is 1. The van der Waals surface area contributed by atoms with E-state index in [1.54, 1.807) is 15.9 Å². The van der Waals surface area contributed by atoms with Gasteiger partial charge in [-0.05, 0) is 43.2 Å². The summed E-state index contributed by atoms with van der Waals surface area (Å²) in [6.07, 6.45) is 4.31. The van der Waals surface area contributed by atoms with Crippen molar-refractivity contribution in [2.75, 3.05) is 13.7 Å². The lowest BCUT2D eigenvalue weighted by Crippen LogP contribution is -2.45. The smallest absolute Gasteiger partial charge is 0.354 e. The minimum atomic E-state index is -0.396. The molecule has 1 fully saturated rings. The highest BCUT2D eigenvalue weighted by Gasteiger charge is 2.27. The number of hydrogen-bond donors (Lipinski definition) is 0. The first-order chi connectivity index (χ1) is 11.2. The SMILES string of the molecule is CC[C@@H]1CCCCN1C(=O)Cn1c(C(=O)OC)cc2sccc21. The molecule has 0 aromatic carbocycles. The number of fused-ring (bicyclic) bond motifs is 1. The lowest BCUT2D eigenvalue weighted by Gasteiger charge is -2.35. The first kappa shape index (κ1) is 16.1. The Labute approximate surface area is 139 Å². The number of amides is 1. The number of esters is 1. The molecule has 3 rings (SSSR count). The highest BCUT2D eigenvalue weighted by Crippen LogP contribution is 2.27. The van der Waals surface area contributed by atoms with Crippen molar-refractivity contribution in [1.82, 2.24) is 9.47 Å². The van der Waals surface area contributed by atoms with E-state index < -0.39 is 5.97 Å². The zero-order chi connectivity index (χ0) is 16.4. The van der Waals surface area contributed by atoms with E-state index in [0.29, 0.717) is 11.7 Å². The molecule has 1 aliphatic rings. The van der Waals surface area contributed by atoms with Crippen LogP contribution in [-0.4, -0.2) is 41.0 Å². The number of nitrogens with zero attached hydrogens (tertiary/aromatic N) is 2. The Hall–Kier alpha value is -1.82. The number of piperidine rings is 1. The van der Waals surface area contributed by atoms with Crippen LogP contribution in [0.1, 0.15) is 43.1 Å². The van der Waals surface area contributed by atoms with Crippen LogP contribution in [0.2, 0.25) is 0 Å². The molecule has 0 bridgehead atoms. The van der Waals surface area contributed by atoms with Crippen LogP contribution in [0, 0.1) is 0 Å². The molecule has 0 unspecified atom stereocenters. The van der Waals surface area contributed by atoms with Crippen molar-refractivity contribution < 1.29 is 14.3 Å². The molecule has 0 N–H and O–H groups in total. The van der Waals surface area contributed by atoms with E-state index in [-0.39, 0.29) is 12.5 Å². The fourth-order valence-electron chi connectivity index (χ4n) is 3.40. The normalized spacial score (nSPS) is 18.3. The number of likely N-dealkylation sites (tertiary alicyclic amines) is 1. The second kappa shape index (κ2) is 6.74. The fraction of sp³-hybridized carbons (Fsp3) is 0.529. The van der Waals surface area contributed by atoms with Crippen LogP contribution < -0.4 is 0 Å². The van der Waals surface area contributed by atoms with Gasteiger partial charge in [-0.1, -0.05) is 6.92 Å². The van der Waals surface area contributed by atoms with Gasteiger partial charge in [0.1, 0.15) is 12.2 Å². The van der Waals surface area contributed by atoms with Gasteiger partial charge in [0.2, 0.25) is 5.91 Å². The summed E-state index contributed by atoms with van der Waals surface area (Å²) in [5.41, 5.74) is 1.38. The maximum absolute atomic E-state index is 12.8. The third-order valence-corrected chi connectivity index (χ3v) is 5.48. The van der Waals surface area contributed by atoms with Crippen LogP contribution in [0.4, 0.5) is 0 Å². The van der Waals surface area contributed by atoms with E-state index in [9.17, 15) is 9.59 Å². The molecule has 0 aliphatic carbocycles. The highest BCUT2D eigenvalue weighted by molar-refractivity contribution is 7.17. The van der Waals surface area contributed by atoms with Crippen LogP contribution in [0.15, 0.2) is 17.5 Å². The Morgan fingerprint density at radius 2 is 2.22 bits per heavy atom. The summed E-state index contributed by atoms with van der Waals surface area (Å²) in [7, 11) is 1.37. The van der Waals surface area contributed by atoms with Crippen LogP contribution >= 0.6 is 11.3 Å². The topological polar surface area (TPSA) is 51.5 Å². The predicted molar refractivity (Wildman–Crippen MR) is 90.8 cm³/mol. The number of thiophene rings is 1. The van der Waals surface area contributed by atoms with E-state index in [1.165, 1.54) is 13.5 Å². The summed E-state index contributed by atoms with van der Waals surface area (Å²) < 4.78 is 7.66. The summed E-state index contributed by atoms with van der Waals surface area (Å²) in [5.74, 6) is -0.308. The molecule has 23 heavy (non-hydrogen) atoms. The number of hydrogen-bond acceptors (Lipinski definition) is 4. The molecule has 0 spiro atoms. The van der Waals surface area contributed by atoms with E-state index in [4.69, 9.17) is 4.74 Å². The Bertz CT molecular complexity index is 719. The predicted octanol–water partition coefficient (Wildman–Crippen LogP) is 3.28. The van der Waals surface area contributed by atoms with Gasteiger partial charge in [0, 0.05) is 12.6 Å². The molecule has 0 radical (unpaired) electrons. The Morgan fingerprint density at radius 3 is 2.96 bits per heavy atom. The maximum atomic E-state index is 12.8. The molecule has 2 aromatic heterocycles. The van der Waals surface area contributed by atoms with Gasteiger partial charge in [0.25, 0.3) is 0 Å². The van der Waals surface area contributed by atoms with Gasteiger partial charge < -0.3 is 14.2 Å². The maximum Gasteiger partial charge on any atom is 0.354 e. The largest absolute Gasteiger partial charge is 0.464 e. The number of rotatable bonds is 4. The number of carbonyl (C=O) groups is 2. The van der Waals surface area contributed by atoms with Gasteiger partial charge in [-0.25, -0.2) is 4.79 Å². The van der Waals surface area contributed by atoms with Crippen molar-refractivity contribution in [3.8, 4) is 0 Å². The van der Waals surface area contributed by atoms with Gasteiger partial charge in [-0.3, -0.25) is 4.79 Å². The molecular formula is C17H22N2O3S. The van der Waals surface area contributed by atoms with E-state index in [0.717, 1.165) is 36.0 Å². The molecule has 5 nitrogen and oxygen atoms in total. The first-order valence-corrected chi connectivity index (χ1v) is 8.98. The Balaban J connectivity index is 1.89. The van der Waals surface area contributed by atoms with E-state index in [1.807, 2.05) is 22.4 Å². The molecular weight excluding hydrogens is 312 g/mol. The summed E-state index contributed by atoms with van der Waals surface area (Å²) in [4.78, 5) is 26.8. The number of carbonyl (C=O) groups excluding carboxylic acids is 2. The minimum Gasteiger partial charge on any atom is -0.464 e. The van der Waals surface area contributed by atoms with Crippen molar-refractivity contribution in [2.45, 2.75) is 45.2 Å². The zero-order valence-corrected chi connectivity index (χ0v) is 14.4. The summed E-state index contributed by atoms with van der Waals surface area (Å²) in [5, 5.41) is 1.97. The molecule has 1 atom stereocenters. The summed E-state index contributed by atoms with van der Waals surface area (Å²) in [6, 6.07) is 4.09. The standard InChI is InChI=1S/C17H22N2O3S/c1-3-12-6-4-5-8-18(12)16(20)11-19-13-7-9-23-15(13)10-14(19)17(21)22-2/h7,9-10,12H,3-6,8,11H2,1-2H3/t12-/m1/s1. The molecule has 1 amide bonds. The van der Waals surface area contributed by atoms with Crippen LogP contribution in [0.5, 0.6) is 0 Å². The van der Waals surface area contributed by atoms with Crippen molar-refractivity contribution >= 4 is 33.4 Å². The lowest BCUT2D eigenvalue weighted by molar-refractivity contribution is -0.135. The monoisotopic (exact) mass is 334 g/mol. The van der Waals surface area contributed by atoms with Crippen molar-refractivity contribution in [1.29, 1.82) is 0 Å². The second-order valence-electron chi connectivity index (χ2n) is 5.92. The van der Waals surface area contributed by atoms with E-state index >= 15 is 0 Å². The molecule has 3 heterocycles. The second-order valence-corrected chi connectivity index (χ2v) is 6.87. The molecule has 1 saturated heterocycles. The quantitative estimate of drug-likeness (QED) is 0.806. The molecule has 124 valence electrons.